The van der Waals surface area contributed by atoms with Crippen LogP contribution >= 0.6 is 11.3 Å². The second-order valence-corrected chi connectivity index (χ2v) is 9.26. The van der Waals surface area contributed by atoms with Crippen LogP contribution in [0.15, 0.2) is 11.4 Å². The first kappa shape index (κ1) is 22.0. The van der Waals surface area contributed by atoms with Crippen LogP contribution in [0.3, 0.4) is 0 Å². The van der Waals surface area contributed by atoms with E-state index in [2.05, 4.69) is 4.98 Å². The molecule has 0 spiro atoms. The van der Waals surface area contributed by atoms with Gasteiger partial charge in [0.1, 0.15) is 6.10 Å². The van der Waals surface area contributed by atoms with E-state index >= 15 is 0 Å². The molecule has 2 aromatic rings. The van der Waals surface area contributed by atoms with E-state index in [1.165, 1.54) is 5.38 Å². The second kappa shape index (κ2) is 8.41. The van der Waals surface area contributed by atoms with Crippen molar-refractivity contribution in [1.29, 1.82) is 0 Å². The van der Waals surface area contributed by atoms with E-state index in [9.17, 15) is 22.8 Å². The minimum Gasteiger partial charge on any atom is -0.446 e. The Morgan fingerprint density at radius 1 is 1.26 bits per heavy atom. The van der Waals surface area contributed by atoms with Crippen molar-refractivity contribution >= 4 is 33.4 Å². The van der Waals surface area contributed by atoms with Gasteiger partial charge in [-0.1, -0.05) is 6.92 Å². The van der Waals surface area contributed by atoms with Gasteiger partial charge in [0, 0.05) is 36.5 Å². The van der Waals surface area contributed by atoms with Gasteiger partial charge in [-0.25, -0.2) is 4.79 Å². The summed E-state index contributed by atoms with van der Waals surface area (Å²) in [6, 6.07) is 1.12. The fraction of sp³-hybridized carbons (Fsp3) is 0.591. The molecule has 1 aliphatic heterocycles. The van der Waals surface area contributed by atoms with E-state index in [1.54, 1.807) is 11.8 Å². The normalized spacial score (nSPS) is 18.9. The molecule has 2 aliphatic rings. The predicted octanol–water partition coefficient (Wildman–Crippen LogP) is 6.02. The van der Waals surface area contributed by atoms with Gasteiger partial charge in [-0.3, -0.25) is 9.78 Å². The molecule has 0 bridgehead atoms. The molecule has 168 valence electrons. The Hall–Kier alpha value is -2.16. The number of halogens is 3. The van der Waals surface area contributed by atoms with Crippen molar-refractivity contribution in [2.24, 2.45) is 5.92 Å². The van der Waals surface area contributed by atoms with Gasteiger partial charge < -0.3 is 9.64 Å². The van der Waals surface area contributed by atoms with Crippen LogP contribution in [0.25, 0.3) is 10.2 Å². The molecular formula is C22H25F3N2O3S. The maximum Gasteiger partial charge on any atom is 0.417 e. The number of ketones is 1. The highest BCUT2D eigenvalue weighted by atomic mass is 32.1. The quantitative estimate of drug-likeness (QED) is 0.518. The summed E-state index contributed by atoms with van der Waals surface area (Å²) < 4.78 is 46.7. The minimum absolute atomic E-state index is 0.00290. The van der Waals surface area contributed by atoms with Crippen LogP contribution in [0.1, 0.15) is 73.5 Å². The molecule has 0 radical (unpaired) electrons. The second-order valence-electron chi connectivity index (χ2n) is 8.38. The molecular weight excluding hydrogens is 429 g/mol. The minimum atomic E-state index is -4.53. The van der Waals surface area contributed by atoms with E-state index in [1.807, 2.05) is 6.92 Å². The number of amides is 1. The molecule has 1 atom stereocenters. The lowest BCUT2D eigenvalue weighted by Gasteiger charge is -2.32. The standard InChI is InChI=1S/C22H25F3N2O3S/c1-3-18(28)15-11-31-20-16(22(23,24)25)10-17(26-19(15)20)14-6-8-27(9-7-14)21(29)30-12(2)13-4-5-13/h10-14H,3-9H2,1-2H3/t12-/m0/s1. The average molecular weight is 455 g/mol. The number of piperidine rings is 1. The van der Waals surface area contributed by atoms with Gasteiger partial charge in [0.2, 0.25) is 0 Å². The van der Waals surface area contributed by atoms with E-state index in [4.69, 9.17) is 4.74 Å². The topological polar surface area (TPSA) is 59.5 Å². The monoisotopic (exact) mass is 454 g/mol. The lowest BCUT2D eigenvalue weighted by Crippen LogP contribution is -2.40. The van der Waals surface area contributed by atoms with E-state index in [-0.39, 0.29) is 46.1 Å². The number of pyridine rings is 1. The SMILES string of the molecule is CCC(=O)c1csc2c(C(F)(F)F)cc(C3CCN(C(=O)O[C@@H](C)C4CC4)CC3)nc12. The lowest BCUT2D eigenvalue weighted by molar-refractivity contribution is -0.136. The number of hydrogen-bond donors (Lipinski definition) is 0. The third-order valence-electron chi connectivity index (χ3n) is 6.21. The molecule has 2 aromatic heterocycles. The first-order valence-electron chi connectivity index (χ1n) is 10.7. The number of likely N-dealkylation sites (tertiary alicyclic amines) is 1. The molecule has 0 N–H and O–H groups in total. The van der Waals surface area contributed by atoms with Crippen LogP contribution in [0.4, 0.5) is 18.0 Å². The number of fused-ring (bicyclic) bond motifs is 1. The Balaban J connectivity index is 1.55. The van der Waals surface area contributed by atoms with Crippen LogP contribution in [0.2, 0.25) is 0 Å². The van der Waals surface area contributed by atoms with Crippen molar-refractivity contribution in [2.75, 3.05) is 13.1 Å². The Morgan fingerprint density at radius 2 is 1.94 bits per heavy atom. The number of rotatable bonds is 5. The largest absolute Gasteiger partial charge is 0.446 e. The molecule has 1 saturated carbocycles. The summed E-state index contributed by atoms with van der Waals surface area (Å²) in [5.74, 6) is 0.0232. The van der Waals surface area contributed by atoms with Crippen LogP contribution in [0, 0.1) is 5.92 Å². The summed E-state index contributed by atoms with van der Waals surface area (Å²) in [4.78, 5) is 30.7. The molecule has 1 aliphatic carbocycles. The summed E-state index contributed by atoms with van der Waals surface area (Å²) in [5, 5.41) is 1.47. The molecule has 0 aromatic carbocycles. The summed E-state index contributed by atoms with van der Waals surface area (Å²) >= 11 is 0.911. The molecule has 31 heavy (non-hydrogen) atoms. The smallest absolute Gasteiger partial charge is 0.417 e. The van der Waals surface area contributed by atoms with Gasteiger partial charge in [0.05, 0.1) is 21.3 Å². The number of thiophene rings is 1. The fourth-order valence-corrected chi connectivity index (χ4v) is 5.14. The van der Waals surface area contributed by atoms with Crippen molar-refractivity contribution in [3.63, 3.8) is 0 Å². The van der Waals surface area contributed by atoms with Gasteiger partial charge in [0.15, 0.2) is 5.78 Å². The molecule has 5 nitrogen and oxygen atoms in total. The van der Waals surface area contributed by atoms with Crippen LogP contribution < -0.4 is 0 Å². The highest BCUT2D eigenvalue weighted by Crippen LogP contribution is 2.41. The highest BCUT2D eigenvalue weighted by molar-refractivity contribution is 7.17. The van der Waals surface area contributed by atoms with Gasteiger partial charge in [-0.05, 0) is 44.6 Å². The lowest BCUT2D eigenvalue weighted by atomic mass is 9.92. The summed E-state index contributed by atoms with van der Waals surface area (Å²) in [6.45, 7) is 4.40. The number of ether oxygens (including phenoxy) is 1. The van der Waals surface area contributed by atoms with Crippen molar-refractivity contribution < 1.29 is 27.5 Å². The van der Waals surface area contributed by atoms with E-state index in [0.717, 1.165) is 30.2 Å². The zero-order valence-corrected chi connectivity index (χ0v) is 18.3. The van der Waals surface area contributed by atoms with Gasteiger partial charge >= 0.3 is 12.3 Å². The Morgan fingerprint density at radius 3 is 2.52 bits per heavy atom. The van der Waals surface area contributed by atoms with Crippen molar-refractivity contribution in [1.82, 2.24) is 9.88 Å². The van der Waals surface area contributed by atoms with Crippen LogP contribution in [0.5, 0.6) is 0 Å². The van der Waals surface area contributed by atoms with Gasteiger partial charge in [0.25, 0.3) is 0 Å². The maximum absolute atomic E-state index is 13.7. The molecule has 0 unspecified atom stereocenters. The van der Waals surface area contributed by atoms with Gasteiger partial charge in [-0.15, -0.1) is 11.3 Å². The predicted molar refractivity (Wildman–Crippen MR) is 111 cm³/mol. The Labute approximate surface area is 182 Å². The summed E-state index contributed by atoms with van der Waals surface area (Å²) in [6.07, 6.45) is -1.61. The maximum atomic E-state index is 13.7. The van der Waals surface area contributed by atoms with Crippen molar-refractivity contribution in [3.8, 4) is 0 Å². The third-order valence-corrected chi connectivity index (χ3v) is 7.22. The number of aromatic nitrogens is 1. The van der Waals surface area contributed by atoms with Crippen molar-refractivity contribution in [2.45, 2.75) is 64.1 Å². The van der Waals surface area contributed by atoms with Crippen LogP contribution in [-0.4, -0.2) is 41.0 Å². The zero-order chi connectivity index (χ0) is 22.3. The number of carbonyl (C=O) groups is 2. The Kier molecular flexibility index (Phi) is 5.98. The number of alkyl halides is 3. The van der Waals surface area contributed by atoms with E-state index < -0.39 is 11.7 Å². The highest BCUT2D eigenvalue weighted by Gasteiger charge is 2.37. The summed E-state index contributed by atoms with van der Waals surface area (Å²) in [5.41, 5.74) is -0.0119. The van der Waals surface area contributed by atoms with Gasteiger partial charge in [-0.2, -0.15) is 13.2 Å². The number of Topliss-reactive ketones (excluding diaryl/α,β-unsaturated/α-hetero) is 1. The summed E-state index contributed by atoms with van der Waals surface area (Å²) in [7, 11) is 0. The molecule has 3 heterocycles. The Bertz CT molecular complexity index is 992. The number of nitrogens with zero attached hydrogens (tertiary/aromatic N) is 2. The first-order chi connectivity index (χ1) is 14.7. The number of hydrogen-bond acceptors (Lipinski definition) is 5. The fourth-order valence-electron chi connectivity index (χ4n) is 4.09. The first-order valence-corrected chi connectivity index (χ1v) is 11.5. The molecule has 1 saturated heterocycles. The number of carbonyl (C=O) groups excluding carboxylic acids is 2. The molecule has 2 fully saturated rings. The molecule has 9 heteroatoms. The van der Waals surface area contributed by atoms with E-state index in [0.29, 0.717) is 37.5 Å². The average Bonchev–Trinajstić information content (AvgIpc) is 3.51. The molecule has 1 amide bonds. The van der Waals surface area contributed by atoms with Crippen molar-refractivity contribution in [3.05, 3.63) is 28.3 Å². The van der Waals surface area contributed by atoms with Crippen LogP contribution in [-0.2, 0) is 10.9 Å². The zero-order valence-electron chi connectivity index (χ0n) is 17.5. The molecule has 4 rings (SSSR count). The third kappa shape index (κ3) is 4.56.